The minimum absolute atomic E-state index is 0.222. The van der Waals surface area contributed by atoms with Gasteiger partial charge in [-0.25, -0.2) is 4.39 Å². The van der Waals surface area contributed by atoms with E-state index in [1.54, 1.807) is 6.07 Å². The van der Waals surface area contributed by atoms with E-state index in [0.717, 1.165) is 9.13 Å². The second kappa shape index (κ2) is 2.64. The van der Waals surface area contributed by atoms with Crippen molar-refractivity contribution in [3.05, 3.63) is 40.1 Å². The van der Waals surface area contributed by atoms with Crippen molar-refractivity contribution in [2.45, 2.75) is 0 Å². The van der Waals surface area contributed by atoms with E-state index in [-0.39, 0.29) is 5.82 Å². The molecule has 0 spiro atoms. The minimum Gasteiger partial charge on any atom is -0.207 e. The Kier molecular flexibility index (Phi) is 2.05. The van der Waals surface area contributed by atoms with Crippen molar-refractivity contribution in [3.8, 4) is 0 Å². The smallest absolute Gasteiger partial charge is 0.123 e. The third-order valence-corrected chi connectivity index (χ3v) is 2.06. The maximum Gasteiger partial charge on any atom is 0.123 e. The Bertz CT molecular complexity index is 220. The third kappa shape index (κ3) is 1.64. The van der Waals surface area contributed by atoms with E-state index in [4.69, 9.17) is 0 Å². The van der Waals surface area contributed by atoms with Crippen LogP contribution in [0.25, 0.3) is 0 Å². The summed E-state index contributed by atoms with van der Waals surface area (Å²) in [5.41, 5.74) is 0.746. The van der Waals surface area contributed by atoms with Gasteiger partial charge in [0.15, 0.2) is 0 Å². The Hall–Kier alpha value is -0.120. The Labute approximate surface area is 67.2 Å². The predicted octanol–water partition coefficient (Wildman–Crippen LogP) is 2.61. The quantitative estimate of drug-likeness (QED) is 0.606. The van der Waals surface area contributed by atoms with Gasteiger partial charge in [0.05, 0.1) is 0 Å². The van der Waals surface area contributed by atoms with E-state index >= 15 is 0 Å². The number of hydrogen-bond acceptors (Lipinski definition) is 0. The van der Waals surface area contributed by atoms with Crippen LogP contribution in [0.2, 0.25) is 0 Å². The van der Waals surface area contributed by atoms with Crippen LogP contribution in [0.1, 0.15) is 5.56 Å². The van der Waals surface area contributed by atoms with Crippen LogP contribution in [-0.2, 0) is 0 Å². The zero-order chi connectivity index (χ0) is 6.85. The first-order chi connectivity index (χ1) is 4.20. The highest BCUT2D eigenvalue weighted by atomic mass is 127. The van der Waals surface area contributed by atoms with Gasteiger partial charge in [-0.2, -0.15) is 0 Å². The molecule has 0 heterocycles. The number of rotatable bonds is 0. The van der Waals surface area contributed by atoms with Crippen LogP contribution in [0, 0.1) is 16.3 Å². The molecule has 0 amide bonds. The highest BCUT2D eigenvalue weighted by Crippen LogP contribution is 2.11. The largest absolute Gasteiger partial charge is 0.207 e. The van der Waals surface area contributed by atoms with E-state index in [1.165, 1.54) is 12.1 Å². The summed E-state index contributed by atoms with van der Waals surface area (Å²) in [5, 5.41) is 0. The first kappa shape index (κ1) is 6.99. The summed E-state index contributed by atoms with van der Waals surface area (Å²) in [6.45, 7) is 3.63. The number of benzene rings is 1. The van der Waals surface area contributed by atoms with Gasteiger partial charge < -0.3 is 0 Å². The van der Waals surface area contributed by atoms with Crippen molar-refractivity contribution in [3.63, 3.8) is 0 Å². The van der Waals surface area contributed by atoms with E-state index in [1.807, 2.05) is 0 Å². The molecule has 0 aromatic heterocycles. The highest BCUT2D eigenvalue weighted by Gasteiger charge is 1.93. The molecule has 0 saturated heterocycles. The molecule has 0 nitrogen and oxygen atoms in total. The monoisotopic (exact) mass is 235 g/mol. The zero-order valence-corrected chi connectivity index (χ0v) is 6.85. The van der Waals surface area contributed by atoms with Gasteiger partial charge in [-0.3, -0.25) is 0 Å². The Morgan fingerprint density at radius 1 is 1.44 bits per heavy atom. The standard InChI is InChI=1S/C7H5FI/c1-5-4-6(8)2-3-7(5)9/h2-4H,1H2. The molecule has 0 aliphatic heterocycles. The maximum absolute atomic E-state index is 12.3. The fourth-order valence-electron chi connectivity index (χ4n) is 0.543. The summed E-state index contributed by atoms with van der Waals surface area (Å²) in [4.78, 5) is 0. The van der Waals surface area contributed by atoms with E-state index < -0.39 is 0 Å². The van der Waals surface area contributed by atoms with Crippen molar-refractivity contribution in [1.29, 1.82) is 0 Å². The molecule has 1 radical (unpaired) electrons. The van der Waals surface area contributed by atoms with Crippen LogP contribution in [0.4, 0.5) is 4.39 Å². The molecule has 1 aromatic carbocycles. The van der Waals surface area contributed by atoms with E-state index in [9.17, 15) is 4.39 Å². The van der Waals surface area contributed by atoms with Crippen LogP contribution >= 0.6 is 22.6 Å². The molecule has 0 aliphatic rings. The molecule has 0 saturated carbocycles. The van der Waals surface area contributed by atoms with Crippen LogP contribution in [0.5, 0.6) is 0 Å². The topological polar surface area (TPSA) is 0 Å². The average molecular weight is 235 g/mol. The zero-order valence-electron chi connectivity index (χ0n) is 4.70. The maximum atomic E-state index is 12.3. The molecule has 0 fully saturated rings. The van der Waals surface area contributed by atoms with Crippen LogP contribution in [0.3, 0.4) is 0 Å². The fourth-order valence-corrected chi connectivity index (χ4v) is 0.879. The molecule has 0 N–H and O–H groups in total. The SMILES string of the molecule is [CH2]c1cc(F)ccc1I. The molecule has 2 heteroatoms. The van der Waals surface area contributed by atoms with Crippen LogP contribution in [-0.4, -0.2) is 0 Å². The van der Waals surface area contributed by atoms with Gasteiger partial charge in [-0.15, -0.1) is 0 Å². The first-order valence-corrected chi connectivity index (χ1v) is 3.55. The summed E-state index contributed by atoms with van der Waals surface area (Å²) in [6.07, 6.45) is 0. The van der Waals surface area contributed by atoms with Gasteiger partial charge in [0.25, 0.3) is 0 Å². The van der Waals surface area contributed by atoms with Crippen molar-refractivity contribution in [2.24, 2.45) is 0 Å². The summed E-state index contributed by atoms with van der Waals surface area (Å²) in [7, 11) is 0. The molecular formula is C7H5FI. The molecular weight excluding hydrogens is 230 g/mol. The van der Waals surface area contributed by atoms with Gasteiger partial charge >= 0.3 is 0 Å². The lowest BCUT2D eigenvalue weighted by molar-refractivity contribution is 0.627. The second-order valence-electron chi connectivity index (χ2n) is 1.74. The molecule has 1 rings (SSSR count). The predicted molar refractivity (Wildman–Crippen MR) is 43.6 cm³/mol. The molecule has 47 valence electrons. The molecule has 0 atom stereocenters. The number of halogens is 2. The average Bonchev–Trinajstić information content (AvgIpc) is 1.80. The Morgan fingerprint density at radius 3 is 2.56 bits per heavy atom. The number of hydrogen-bond donors (Lipinski definition) is 0. The van der Waals surface area contributed by atoms with Crippen molar-refractivity contribution in [2.75, 3.05) is 0 Å². The van der Waals surface area contributed by atoms with E-state index in [2.05, 4.69) is 29.5 Å². The molecule has 9 heavy (non-hydrogen) atoms. The van der Waals surface area contributed by atoms with Crippen LogP contribution < -0.4 is 0 Å². The summed E-state index contributed by atoms with van der Waals surface area (Å²) in [6, 6.07) is 4.55. The van der Waals surface area contributed by atoms with Crippen molar-refractivity contribution >= 4 is 22.6 Å². The first-order valence-electron chi connectivity index (χ1n) is 2.47. The van der Waals surface area contributed by atoms with Gasteiger partial charge in [0, 0.05) is 3.57 Å². The fraction of sp³-hybridized carbons (Fsp3) is 0. The van der Waals surface area contributed by atoms with Crippen molar-refractivity contribution < 1.29 is 4.39 Å². The van der Waals surface area contributed by atoms with Crippen molar-refractivity contribution in [1.82, 2.24) is 0 Å². The van der Waals surface area contributed by atoms with Gasteiger partial charge in [0.1, 0.15) is 5.82 Å². The lowest BCUT2D eigenvalue weighted by Crippen LogP contribution is -1.80. The Morgan fingerprint density at radius 2 is 2.11 bits per heavy atom. The highest BCUT2D eigenvalue weighted by molar-refractivity contribution is 14.1. The Balaban J connectivity index is 3.17. The summed E-state index contributed by atoms with van der Waals surface area (Å²) < 4.78 is 13.3. The van der Waals surface area contributed by atoms with Gasteiger partial charge in [-0.1, -0.05) is 0 Å². The third-order valence-electron chi connectivity index (χ3n) is 1.01. The molecule has 0 bridgehead atoms. The van der Waals surface area contributed by atoms with Gasteiger partial charge in [-0.05, 0) is 53.3 Å². The lowest BCUT2D eigenvalue weighted by atomic mass is 10.2. The summed E-state index contributed by atoms with van der Waals surface area (Å²) in [5.74, 6) is -0.222. The summed E-state index contributed by atoms with van der Waals surface area (Å²) >= 11 is 2.11. The molecule has 1 aromatic rings. The van der Waals surface area contributed by atoms with Gasteiger partial charge in [0.2, 0.25) is 0 Å². The van der Waals surface area contributed by atoms with E-state index in [0.29, 0.717) is 0 Å². The molecule has 0 unspecified atom stereocenters. The van der Waals surface area contributed by atoms with Crippen LogP contribution in [0.15, 0.2) is 18.2 Å². The molecule has 0 aliphatic carbocycles. The normalized spacial score (nSPS) is 9.67. The lowest BCUT2D eigenvalue weighted by Gasteiger charge is -1.94. The second-order valence-corrected chi connectivity index (χ2v) is 2.90. The minimum atomic E-state index is -0.222.